The van der Waals surface area contributed by atoms with Crippen LogP contribution >= 0.6 is 0 Å². The van der Waals surface area contributed by atoms with Crippen molar-refractivity contribution < 1.29 is 9.53 Å². The second kappa shape index (κ2) is 3.91. The highest BCUT2D eigenvalue weighted by Gasteiger charge is 2.24. The van der Waals surface area contributed by atoms with E-state index < -0.39 is 0 Å². The van der Waals surface area contributed by atoms with Gasteiger partial charge in [-0.3, -0.25) is 4.98 Å². The fourth-order valence-electron chi connectivity index (χ4n) is 2.22. The Morgan fingerprint density at radius 1 is 1.17 bits per heavy atom. The van der Waals surface area contributed by atoms with Gasteiger partial charge < -0.3 is 4.74 Å². The Kier molecular flexibility index (Phi) is 2.37. The average molecular weight is 240 g/mol. The molecule has 0 saturated heterocycles. The van der Waals surface area contributed by atoms with E-state index in [9.17, 15) is 4.79 Å². The first kappa shape index (κ1) is 10.9. The molecule has 1 aliphatic heterocycles. The van der Waals surface area contributed by atoms with E-state index in [4.69, 9.17) is 4.74 Å². The molecule has 90 valence electrons. The van der Waals surface area contributed by atoms with Crippen molar-refractivity contribution in [2.24, 2.45) is 0 Å². The second-order valence-electron chi connectivity index (χ2n) is 4.39. The number of hydrogen-bond acceptors (Lipinski definition) is 4. The van der Waals surface area contributed by atoms with Crippen LogP contribution in [0, 0.1) is 13.8 Å². The van der Waals surface area contributed by atoms with E-state index in [0.717, 1.165) is 28.1 Å². The molecule has 1 aromatic heterocycles. The van der Waals surface area contributed by atoms with Gasteiger partial charge in [-0.25, -0.2) is 9.78 Å². The van der Waals surface area contributed by atoms with Crippen LogP contribution in [-0.4, -0.2) is 15.9 Å². The summed E-state index contributed by atoms with van der Waals surface area (Å²) in [5.41, 5.74) is 5.37. The lowest BCUT2D eigenvalue weighted by molar-refractivity contribution is 0.0535. The molecule has 0 radical (unpaired) electrons. The zero-order valence-corrected chi connectivity index (χ0v) is 10.2. The first-order valence-electron chi connectivity index (χ1n) is 5.75. The third-order valence-corrected chi connectivity index (χ3v) is 3.20. The van der Waals surface area contributed by atoms with Gasteiger partial charge in [-0.15, -0.1) is 0 Å². The number of aryl methyl sites for hydroxylation is 1. The van der Waals surface area contributed by atoms with E-state index in [1.54, 1.807) is 18.5 Å². The molecular weight excluding hydrogens is 228 g/mol. The quantitative estimate of drug-likeness (QED) is 0.718. The first-order valence-corrected chi connectivity index (χ1v) is 5.75. The Morgan fingerprint density at radius 2 is 1.94 bits per heavy atom. The lowest BCUT2D eigenvalue weighted by Crippen LogP contribution is -1.97. The van der Waals surface area contributed by atoms with Crippen LogP contribution in [0.1, 0.15) is 27.2 Å². The molecule has 0 aliphatic carbocycles. The van der Waals surface area contributed by atoms with Crippen molar-refractivity contribution in [3.8, 4) is 11.3 Å². The molecule has 1 aliphatic rings. The minimum Gasteiger partial charge on any atom is -0.457 e. The molecule has 2 heterocycles. The van der Waals surface area contributed by atoms with E-state index in [0.29, 0.717) is 12.2 Å². The van der Waals surface area contributed by atoms with Crippen LogP contribution in [0.15, 0.2) is 24.5 Å². The lowest BCUT2D eigenvalue weighted by Gasteiger charge is -2.08. The molecule has 0 unspecified atom stereocenters. The summed E-state index contributed by atoms with van der Waals surface area (Å²) in [7, 11) is 0. The van der Waals surface area contributed by atoms with Gasteiger partial charge in [0.1, 0.15) is 6.61 Å². The number of carbonyl (C=O) groups excluding carboxylic acids is 1. The Hall–Kier alpha value is -2.23. The normalized spacial score (nSPS) is 13.3. The third kappa shape index (κ3) is 1.57. The van der Waals surface area contributed by atoms with E-state index >= 15 is 0 Å². The van der Waals surface area contributed by atoms with Gasteiger partial charge in [-0.2, -0.15) is 0 Å². The molecule has 0 bridgehead atoms. The molecule has 0 N–H and O–H groups in total. The highest BCUT2D eigenvalue weighted by Crippen LogP contribution is 2.30. The largest absolute Gasteiger partial charge is 0.457 e. The number of nitrogens with zero attached hydrogens (tertiary/aromatic N) is 2. The van der Waals surface area contributed by atoms with Crippen molar-refractivity contribution in [2.75, 3.05) is 0 Å². The van der Waals surface area contributed by atoms with E-state index in [2.05, 4.69) is 9.97 Å². The van der Waals surface area contributed by atoms with E-state index in [1.165, 1.54) is 0 Å². The van der Waals surface area contributed by atoms with Crippen molar-refractivity contribution in [1.82, 2.24) is 9.97 Å². The molecule has 0 fully saturated rings. The topological polar surface area (TPSA) is 52.1 Å². The predicted molar refractivity (Wildman–Crippen MR) is 66.1 cm³/mol. The number of hydrogen-bond donors (Lipinski definition) is 0. The van der Waals surface area contributed by atoms with Gasteiger partial charge in [0.25, 0.3) is 0 Å². The third-order valence-electron chi connectivity index (χ3n) is 3.20. The molecule has 4 heteroatoms. The molecule has 3 rings (SSSR count). The minimum atomic E-state index is -0.241. The van der Waals surface area contributed by atoms with Gasteiger partial charge in [0.2, 0.25) is 0 Å². The van der Waals surface area contributed by atoms with Crippen LogP contribution in [-0.2, 0) is 11.3 Å². The highest BCUT2D eigenvalue weighted by atomic mass is 16.5. The molecule has 0 atom stereocenters. The first-order chi connectivity index (χ1) is 8.66. The van der Waals surface area contributed by atoms with Crippen LogP contribution in [0.4, 0.5) is 0 Å². The molecule has 1 aromatic carbocycles. The number of cyclic esters (lactones) is 1. The zero-order chi connectivity index (χ0) is 12.7. The standard InChI is InChI=1S/C14H12N2O2/c1-8-5-15-6-13(16-8)10-3-4-11-12(9(10)2)7-18-14(11)17/h3-6H,7H2,1-2H3. The van der Waals surface area contributed by atoms with Crippen molar-refractivity contribution in [3.63, 3.8) is 0 Å². The summed E-state index contributed by atoms with van der Waals surface area (Å²) >= 11 is 0. The van der Waals surface area contributed by atoms with Gasteiger partial charge in [0.15, 0.2) is 0 Å². The molecule has 0 amide bonds. The molecule has 0 spiro atoms. The lowest BCUT2D eigenvalue weighted by atomic mass is 9.97. The summed E-state index contributed by atoms with van der Waals surface area (Å²) in [6.07, 6.45) is 3.46. The Morgan fingerprint density at radius 3 is 2.72 bits per heavy atom. The maximum absolute atomic E-state index is 11.5. The number of ether oxygens (including phenoxy) is 1. The van der Waals surface area contributed by atoms with Crippen LogP contribution < -0.4 is 0 Å². The van der Waals surface area contributed by atoms with Crippen molar-refractivity contribution in [3.05, 3.63) is 46.9 Å². The van der Waals surface area contributed by atoms with E-state index in [1.807, 2.05) is 19.9 Å². The SMILES string of the molecule is Cc1cncc(-c2ccc3c(c2C)COC3=O)n1. The van der Waals surface area contributed by atoms with Gasteiger partial charge in [-0.1, -0.05) is 6.07 Å². The summed E-state index contributed by atoms with van der Waals surface area (Å²) in [5, 5.41) is 0. The summed E-state index contributed by atoms with van der Waals surface area (Å²) in [4.78, 5) is 20.1. The zero-order valence-electron chi connectivity index (χ0n) is 10.2. The van der Waals surface area contributed by atoms with Crippen molar-refractivity contribution >= 4 is 5.97 Å². The molecule has 18 heavy (non-hydrogen) atoms. The maximum Gasteiger partial charge on any atom is 0.338 e. The average Bonchev–Trinajstić information content (AvgIpc) is 2.73. The number of esters is 1. The number of aromatic nitrogens is 2. The van der Waals surface area contributed by atoms with Gasteiger partial charge >= 0.3 is 5.97 Å². The van der Waals surface area contributed by atoms with Crippen LogP contribution in [0.5, 0.6) is 0 Å². The van der Waals surface area contributed by atoms with Crippen LogP contribution in [0.2, 0.25) is 0 Å². The number of carbonyl (C=O) groups is 1. The van der Waals surface area contributed by atoms with Gasteiger partial charge in [0.05, 0.1) is 23.1 Å². The fraction of sp³-hybridized carbons (Fsp3) is 0.214. The summed E-state index contributed by atoms with van der Waals surface area (Å²) in [5.74, 6) is -0.241. The molecule has 4 nitrogen and oxygen atoms in total. The minimum absolute atomic E-state index is 0.241. The van der Waals surface area contributed by atoms with Crippen molar-refractivity contribution in [1.29, 1.82) is 0 Å². The van der Waals surface area contributed by atoms with Crippen LogP contribution in [0.25, 0.3) is 11.3 Å². The maximum atomic E-state index is 11.5. The molecule has 2 aromatic rings. The number of benzene rings is 1. The molecule has 0 saturated carbocycles. The Bertz CT molecular complexity index is 650. The summed E-state index contributed by atoms with van der Waals surface area (Å²) in [6, 6.07) is 3.71. The Balaban J connectivity index is 2.18. The number of rotatable bonds is 1. The number of fused-ring (bicyclic) bond motifs is 1. The van der Waals surface area contributed by atoms with E-state index in [-0.39, 0.29) is 5.97 Å². The fourth-order valence-corrected chi connectivity index (χ4v) is 2.22. The summed E-state index contributed by atoms with van der Waals surface area (Å²) < 4.78 is 5.04. The summed E-state index contributed by atoms with van der Waals surface area (Å²) in [6.45, 7) is 4.25. The second-order valence-corrected chi connectivity index (χ2v) is 4.39. The molecular formula is C14H12N2O2. The van der Waals surface area contributed by atoms with Crippen LogP contribution in [0.3, 0.4) is 0 Å². The van der Waals surface area contributed by atoms with Crippen molar-refractivity contribution in [2.45, 2.75) is 20.5 Å². The smallest absolute Gasteiger partial charge is 0.338 e. The van der Waals surface area contributed by atoms with Gasteiger partial charge in [-0.05, 0) is 25.5 Å². The monoisotopic (exact) mass is 240 g/mol. The van der Waals surface area contributed by atoms with Gasteiger partial charge in [0, 0.05) is 17.3 Å². The predicted octanol–water partition coefficient (Wildman–Crippen LogP) is 2.43. The Labute approximate surface area is 105 Å². The highest BCUT2D eigenvalue weighted by molar-refractivity contribution is 5.94.